The van der Waals surface area contributed by atoms with Gasteiger partial charge in [-0.05, 0) is 51.2 Å². The van der Waals surface area contributed by atoms with Gasteiger partial charge in [-0.3, -0.25) is 14.4 Å². The molecule has 0 aliphatic carbocycles. The predicted octanol–water partition coefficient (Wildman–Crippen LogP) is 2.65. The fraction of sp³-hybridized carbons (Fsp3) is 0.600. The van der Waals surface area contributed by atoms with Crippen LogP contribution in [0.4, 0.5) is 0 Å². The van der Waals surface area contributed by atoms with Crippen LogP contribution in [0.15, 0.2) is 24.3 Å². The largest absolute Gasteiger partial charge is 0.480 e. The third kappa shape index (κ3) is 13.7. The lowest BCUT2D eigenvalue weighted by Crippen LogP contribution is -2.42. The van der Waals surface area contributed by atoms with Gasteiger partial charge in [0.2, 0.25) is 5.91 Å². The summed E-state index contributed by atoms with van der Waals surface area (Å²) >= 11 is 0. The highest BCUT2D eigenvalue weighted by molar-refractivity contribution is 5.94. The van der Waals surface area contributed by atoms with Crippen molar-refractivity contribution in [2.45, 2.75) is 64.8 Å². The smallest absolute Gasteiger partial charge is 0.326 e. The van der Waals surface area contributed by atoms with Crippen LogP contribution in [-0.2, 0) is 23.9 Å². The second-order valence-electron chi connectivity index (χ2n) is 8.13. The molecule has 1 unspecified atom stereocenters. The van der Waals surface area contributed by atoms with Crippen molar-refractivity contribution in [1.29, 1.82) is 0 Å². The molecule has 2 amide bonds. The molecule has 1 atom stereocenters. The van der Waals surface area contributed by atoms with Crippen LogP contribution in [0.5, 0.6) is 0 Å². The summed E-state index contributed by atoms with van der Waals surface area (Å²) in [6.07, 6.45) is 3.99. The number of carbonyl (C=O) groups is 4. The van der Waals surface area contributed by atoms with E-state index in [1.165, 1.54) is 0 Å². The zero-order valence-electron chi connectivity index (χ0n) is 20.3. The Hall–Kier alpha value is -2.78. The lowest BCUT2D eigenvalue weighted by atomic mass is 10.1. The summed E-state index contributed by atoms with van der Waals surface area (Å²) in [5.74, 6) is -1.56. The highest BCUT2D eigenvalue weighted by Gasteiger charge is 2.19. The highest BCUT2D eigenvalue weighted by Crippen LogP contribution is 2.04. The van der Waals surface area contributed by atoms with Gasteiger partial charge in [-0.1, -0.05) is 24.6 Å². The first-order valence-electron chi connectivity index (χ1n) is 11.9. The molecule has 0 aromatic heterocycles. The van der Waals surface area contributed by atoms with E-state index in [2.05, 4.69) is 10.6 Å². The molecule has 3 N–H and O–H groups in total. The molecule has 1 rings (SSSR count). The summed E-state index contributed by atoms with van der Waals surface area (Å²) in [6, 6.07) is 6.23. The standard InChI is InChI=1S/C25H38N2O7/c1-3-7-21(28)8-6-15-33-16-17-34-18-23(29)27-22(25(31)32)9-4-5-14-26-24(30)20-12-10-19(2)11-13-20/h10-13,22H,3-9,14-18H2,1-2H3,(H,26,30)(H,27,29)(H,31,32). The fourth-order valence-electron chi connectivity index (χ4n) is 3.14. The van der Waals surface area contributed by atoms with E-state index in [4.69, 9.17) is 9.47 Å². The van der Waals surface area contributed by atoms with Crippen molar-refractivity contribution < 1.29 is 33.8 Å². The zero-order chi connectivity index (χ0) is 25.2. The molecule has 9 heteroatoms. The Morgan fingerprint density at radius 2 is 1.65 bits per heavy atom. The van der Waals surface area contributed by atoms with Crippen LogP contribution in [-0.4, -0.2) is 67.7 Å². The number of aliphatic carboxylic acids is 1. The average Bonchev–Trinajstić information content (AvgIpc) is 2.80. The third-order valence-electron chi connectivity index (χ3n) is 5.03. The molecule has 0 saturated heterocycles. The molecular formula is C25H38N2O7. The second kappa shape index (κ2) is 17.7. The summed E-state index contributed by atoms with van der Waals surface area (Å²) in [4.78, 5) is 46.8. The van der Waals surface area contributed by atoms with Gasteiger partial charge in [0.05, 0.1) is 13.2 Å². The second-order valence-corrected chi connectivity index (χ2v) is 8.13. The number of amides is 2. The first kappa shape index (κ1) is 29.3. The Bertz CT molecular complexity index is 765. The Kier molecular flexibility index (Phi) is 15.2. The van der Waals surface area contributed by atoms with E-state index < -0.39 is 17.9 Å². The number of ketones is 1. The van der Waals surface area contributed by atoms with Crippen molar-refractivity contribution >= 4 is 23.6 Å². The Labute approximate surface area is 201 Å². The Morgan fingerprint density at radius 3 is 2.32 bits per heavy atom. The Balaban J connectivity index is 2.12. The van der Waals surface area contributed by atoms with Gasteiger partial charge in [0.1, 0.15) is 18.4 Å². The molecule has 34 heavy (non-hydrogen) atoms. The lowest BCUT2D eigenvalue weighted by molar-refractivity contribution is -0.142. The number of carbonyl (C=O) groups excluding carboxylic acids is 3. The monoisotopic (exact) mass is 478 g/mol. The van der Waals surface area contributed by atoms with Crippen LogP contribution in [0, 0.1) is 6.92 Å². The molecule has 0 heterocycles. The average molecular weight is 479 g/mol. The lowest BCUT2D eigenvalue weighted by Gasteiger charge is -2.15. The molecule has 0 saturated carbocycles. The SMILES string of the molecule is CCCC(=O)CCCOCCOCC(=O)NC(CCCCNC(=O)c1ccc(C)cc1)C(=O)O. The first-order chi connectivity index (χ1) is 16.3. The molecule has 0 aliphatic heterocycles. The van der Waals surface area contributed by atoms with Crippen molar-refractivity contribution in [1.82, 2.24) is 10.6 Å². The number of Topliss-reactive ketones (excluding diaryl/α,β-unsaturated/α-hetero) is 1. The molecule has 1 aromatic rings. The highest BCUT2D eigenvalue weighted by atomic mass is 16.5. The number of ether oxygens (including phenoxy) is 2. The van der Waals surface area contributed by atoms with E-state index in [1.807, 2.05) is 26.0 Å². The van der Waals surface area contributed by atoms with E-state index in [9.17, 15) is 24.3 Å². The van der Waals surface area contributed by atoms with Crippen LogP contribution in [0.3, 0.4) is 0 Å². The summed E-state index contributed by atoms with van der Waals surface area (Å²) in [7, 11) is 0. The summed E-state index contributed by atoms with van der Waals surface area (Å²) < 4.78 is 10.6. The number of hydrogen-bond acceptors (Lipinski definition) is 6. The van der Waals surface area contributed by atoms with Crippen molar-refractivity contribution in [3.05, 3.63) is 35.4 Å². The van der Waals surface area contributed by atoms with E-state index in [0.717, 1.165) is 12.0 Å². The van der Waals surface area contributed by atoms with E-state index in [0.29, 0.717) is 57.4 Å². The van der Waals surface area contributed by atoms with Gasteiger partial charge in [0, 0.05) is 31.6 Å². The van der Waals surface area contributed by atoms with Crippen LogP contribution in [0.25, 0.3) is 0 Å². The molecule has 0 fully saturated rings. The molecule has 0 aliphatic rings. The first-order valence-corrected chi connectivity index (χ1v) is 11.9. The fourth-order valence-corrected chi connectivity index (χ4v) is 3.14. The number of carboxylic acid groups (broad SMARTS) is 1. The number of hydrogen-bond donors (Lipinski definition) is 3. The van der Waals surface area contributed by atoms with Gasteiger partial charge in [-0.25, -0.2) is 4.79 Å². The number of aryl methyl sites for hydroxylation is 1. The molecule has 1 aromatic carbocycles. The van der Waals surface area contributed by atoms with E-state index in [-0.39, 0.29) is 31.3 Å². The van der Waals surface area contributed by atoms with Gasteiger partial charge in [-0.15, -0.1) is 0 Å². The van der Waals surface area contributed by atoms with Crippen molar-refractivity contribution in [2.75, 3.05) is 33.0 Å². The predicted molar refractivity (Wildman–Crippen MR) is 128 cm³/mol. The van der Waals surface area contributed by atoms with Gasteiger partial charge < -0.3 is 25.2 Å². The van der Waals surface area contributed by atoms with Crippen molar-refractivity contribution in [3.8, 4) is 0 Å². The van der Waals surface area contributed by atoms with Crippen molar-refractivity contribution in [2.24, 2.45) is 0 Å². The molecule has 0 radical (unpaired) electrons. The summed E-state index contributed by atoms with van der Waals surface area (Å²) in [6.45, 7) is 5.04. The third-order valence-corrected chi connectivity index (χ3v) is 5.03. The molecular weight excluding hydrogens is 440 g/mol. The summed E-state index contributed by atoms with van der Waals surface area (Å²) in [5.41, 5.74) is 1.65. The van der Waals surface area contributed by atoms with E-state index in [1.54, 1.807) is 12.1 Å². The minimum Gasteiger partial charge on any atom is -0.480 e. The number of nitrogens with one attached hydrogen (secondary N) is 2. The van der Waals surface area contributed by atoms with Crippen LogP contribution in [0.1, 0.15) is 67.8 Å². The number of rotatable bonds is 19. The maximum absolute atomic E-state index is 12.1. The normalized spacial score (nSPS) is 11.6. The van der Waals surface area contributed by atoms with Gasteiger partial charge in [0.15, 0.2) is 0 Å². The van der Waals surface area contributed by atoms with Crippen LogP contribution < -0.4 is 10.6 Å². The molecule has 9 nitrogen and oxygen atoms in total. The number of benzene rings is 1. The van der Waals surface area contributed by atoms with Crippen LogP contribution >= 0.6 is 0 Å². The quantitative estimate of drug-likeness (QED) is 0.261. The minimum absolute atomic E-state index is 0.172. The molecule has 0 spiro atoms. The number of carboxylic acids is 1. The molecule has 0 bridgehead atoms. The Morgan fingerprint density at radius 1 is 0.941 bits per heavy atom. The van der Waals surface area contributed by atoms with E-state index >= 15 is 0 Å². The summed E-state index contributed by atoms with van der Waals surface area (Å²) in [5, 5.41) is 14.6. The number of unbranched alkanes of at least 4 members (excludes halogenated alkanes) is 1. The van der Waals surface area contributed by atoms with Crippen molar-refractivity contribution in [3.63, 3.8) is 0 Å². The maximum atomic E-state index is 12.1. The van der Waals surface area contributed by atoms with Gasteiger partial charge in [0.25, 0.3) is 5.91 Å². The minimum atomic E-state index is -1.11. The topological polar surface area (TPSA) is 131 Å². The zero-order valence-corrected chi connectivity index (χ0v) is 20.3. The molecule has 190 valence electrons. The van der Waals surface area contributed by atoms with Gasteiger partial charge in [-0.2, -0.15) is 0 Å². The maximum Gasteiger partial charge on any atom is 0.326 e. The van der Waals surface area contributed by atoms with Gasteiger partial charge >= 0.3 is 5.97 Å². The van der Waals surface area contributed by atoms with Crippen LogP contribution in [0.2, 0.25) is 0 Å².